The molecule has 1 aromatic rings. The highest BCUT2D eigenvalue weighted by atomic mass is 16.6. The molecule has 22 heavy (non-hydrogen) atoms. The van der Waals surface area contributed by atoms with Crippen LogP contribution in [-0.2, 0) is 11.3 Å². The van der Waals surface area contributed by atoms with Crippen molar-refractivity contribution in [3.05, 3.63) is 23.9 Å². The number of nitrogen functional groups attached to an aromatic ring is 1. The maximum atomic E-state index is 12.1. The fourth-order valence-electron chi connectivity index (χ4n) is 2.55. The third-order valence-corrected chi connectivity index (χ3v) is 3.65. The standard InChI is InChI=1S/C16H26N4O2/c1-12-10-20(15(21)22-16(2,3)4)8-7-19(12)11-13-5-6-18-14(17)9-13/h5-6,9,12H,7-8,10-11H2,1-4H3,(H2,17,18)/t12-/m1/s1. The molecule has 0 saturated carbocycles. The smallest absolute Gasteiger partial charge is 0.410 e. The van der Waals surface area contributed by atoms with Gasteiger partial charge in [-0.15, -0.1) is 0 Å². The lowest BCUT2D eigenvalue weighted by atomic mass is 10.1. The minimum Gasteiger partial charge on any atom is -0.444 e. The van der Waals surface area contributed by atoms with E-state index in [0.717, 1.165) is 18.7 Å². The Morgan fingerprint density at radius 1 is 1.45 bits per heavy atom. The number of hydrogen-bond acceptors (Lipinski definition) is 5. The number of ether oxygens (including phenoxy) is 1. The Bertz CT molecular complexity index is 527. The summed E-state index contributed by atoms with van der Waals surface area (Å²) in [6.07, 6.45) is 1.50. The second-order valence-corrected chi connectivity index (χ2v) is 6.83. The van der Waals surface area contributed by atoms with E-state index in [0.29, 0.717) is 18.9 Å². The third-order valence-electron chi connectivity index (χ3n) is 3.65. The summed E-state index contributed by atoms with van der Waals surface area (Å²) in [4.78, 5) is 20.3. The van der Waals surface area contributed by atoms with Gasteiger partial charge in [0.2, 0.25) is 0 Å². The number of rotatable bonds is 2. The minimum atomic E-state index is -0.452. The molecule has 6 heteroatoms. The summed E-state index contributed by atoms with van der Waals surface area (Å²) in [6.45, 7) is 10.8. The number of aromatic nitrogens is 1. The fraction of sp³-hybridized carbons (Fsp3) is 0.625. The molecular weight excluding hydrogens is 280 g/mol. The quantitative estimate of drug-likeness (QED) is 0.906. The molecule has 1 aliphatic heterocycles. The molecule has 0 bridgehead atoms. The van der Waals surface area contributed by atoms with Crippen LogP contribution in [0.1, 0.15) is 33.3 Å². The van der Waals surface area contributed by atoms with E-state index in [4.69, 9.17) is 10.5 Å². The Kier molecular flexibility index (Phi) is 4.90. The van der Waals surface area contributed by atoms with Gasteiger partial charge < -0.3 is 15.4 Å². The number of piperazine rings is 1. The average Bonchev–Trinajstić information content (AvgIpc) is 2.39. The predicted octanol–water partition coefficient (Wildman–Crippen LogP) is 2.10. The van der Waals surface area contributed by atoms with Crippen molar-refractivity contribution in [3.8, 4) is 0 Å². The van der Waals surface area contributed by atoms with Crippen LogP contribution in [0.15, 0.2) is 18.3 Å². The summed E-state index contributed by atoms with van der Waals surface area (Å²) < 4.78 is 5.44. The zero-order valence-electron chi connectivity index (χ0n) is 13.9. The molecular formula is C16H26N4O2. The van der Waals surface area contributed by atoms with Crippen LogP contribution in [0.3, 0.4) is 0 Å². The van der Waals surface area contributed by atoms with Gasteiger partial charge in [0.25, 0.3) is 0 Å². The van der Waals surface area contributed by atoms with E-state index >= 15 is 0 Å². The molecule has 0 radical (unpaired) electrons. The normalized spacial score (nSPS) is 20.0. The summed E-state index contributed by atoms with van der Waals surface area (Å²) in [5, 5.41) is 0. The Labute approximate surface area is 132 Å². The topological polar surface area (TPSA) is 71.7 Å². The van der Waals surface area contributed by atoms with Crippen molar-refractivity contribution < 1.29 is 9.53 Å². The lowest BCUT2D eigenvalue weighted by molar-refractivity contribution is 0.00461. The van der Waals surface area contributed by atoms with Crippen LogP contribution in [0.25, 0.3) is 0 Å². The van der Waals surface area contributed by atoms with Crippen molar-refractivity contribution in [1.82, 2.24) is 14.8 Å². The molecule has 2 N–H and O–H groups in total. The van der Waals surface area contributed by atoms with E-state index in [1.807, 2.05) is 32.9 Å². The van der Waals surface area contributed by atoms with E-state index in [-0.39, 0.29) is 12.1 Å². The highest BCUT2D eigenvalue weighted by Crippen LogP contribution is 2.17. The fourth-order valence-corrected chi connectivity index (χ4v) is 2.55. The molecule has 2 rings (SSSR count). The molecule has 0 aromatic carbocycles. The first-order valence-electron chi connectivity index (χ1n) is 7.67. The van der Waals surface area contributed by atoms with E-state index < -0.39 is 5.60 Å². The van der Waals surface area contributed by atoms with Crippen molar-refractivity contribution in [2.24, 2.45) is 0 Å². The Morgan fingerprint density at radius 2 is 2.18 bits per heavy atom. The number of carbonyl (C=O) groups is 1. The van der Waals surface area contributed by atoms with E-state index in [1.165, 1.54) is 0 Å². The van der Waals surface area contributed by atoms with Crippen LogP contribution in [-0.4, -0.2) is 52.2 Å². The first-order valence-corrected chi connectivity index (χ1v) is 7.67. The van der Waals surface area contributed by atoms with Crippen LogP contribution in [0.2, 0.25) is 0 Å². The summed E-state index contributed by atoms with van der Waals surface area (Å²) >= 11 is 0. The van der Waals surface area contributed by atoms with Gasteiger partial charge in [0.05, 0.1) is 0 Å². The van der Waals surface area contributed by atoms with Gasteiger partial charge >= 0.3 is 6.09 Å². The van der Waals surface area contributed by atoms with Gasteiger partial charge in [-0.05, 0) is 45.4 Å². The molecule has 2 heterocycles. The van der Waals surface area contributed by atoms with Crippen LogP contribution in [0, 0.1) is 0 Å². The Balaban J connectivity index is 1.91. The number of nitrogens with zero attached hydrogens (tertiary/aromatic N) is 3. The molecule has 1 aliphatic rings. The number of nitrogens with two attached hydrogens (primary N) is 1. The number of carbonyl (C=O) groups excluding carboxylic acids is 1. The maximum absolute atomic E-state index is 12.1. The van der Waals surface area contributed by atoms with Crippen molar-refractivity contribution in [3.63, 3.8) is 0 Å². The first kappa shape index (κ1) is 16.5. The van der Waals surface area contributed by atoms with Crippen molar-refractivity contribution in [2.75, 3.05) is 25.4 Å². The Hall–Kier alpha value is -1.82. The number of hydrogen-bond donors (Lipinski definition) is 1. The summed E-state index contributed by atoms with van der Waals surface area (Å²) in [5.74, 6) is 0.539. The molecule has 0 spiro atoms. The van der Waals surface area contributed by atoms with Gasteiger partial charge in [0.15, 0.2) is 0 Å². The molecule has 0 aliphatic carbocycles. The lowest BCUT2D eigenvalue weighted by Crippen LogP contribution is -2.54. The van der Waals surface area contributed by atoms with Crippen LogP contribution in [0.5, 0.6) is 0 Å². The molecule has 1 amide bonds. The highest BCUT2D eigenvalue weighted by Gasteiger charge is 2.29. The first-order chi connectivity index (χ1) is 10.2. The molecule has 1 fully saturated rings. The monoisotopic (exact) mass is 306 g/mol. The molecule has 1 atom stereocenters. The van der Waals surface area contributed by atoms with Gasteiger partial charge in [-0.2, -0.15) is 0 Å². The van der Waals surface area contributed by atoms with Gasteiger partial charge in [-0.25, -0.2) is 9.78 Å². The number of anilines is 1. The second-order valence-electron chi connectivity index (χ2n) is 6.83. The molecule has 6 nitrogen and oxygen atoms in total. The zero-order valence-corrected chi connectivity index (χ0v) is 13.9. The van der Waals surface area contributed by atoms with Crippen LogP contribution >= 0.6 is 0 Å². The molecule has 1 saturated heterocycles. The largest absolute Gasteiger partial charge is 0.444 e. The lowest BCUT2D eigenvalue weighted by Gasteiger charge is -2.40. The molecule has 0 unspecified atom stereocenters. The third kappa shape index (κ3) is 4.59. The van der Waals surface area contributed by atoms with Gasteiger partial charge in [0, 0.05) is 38.4 Å². The van der Waals surface area contributed by atoms with Crippen molar-refractivity contribution in [1.29, 1.82) is 0 Å². The second kappa shape index (κ2) is 6.52. The van der Waals surface area contributed by atoms with Crippen molar-refractivity contribution in [2.45, 2.75) is 45.9 Å². The predicted molar refractivity (Wildman–Crippen MR) is 86.3 cm³/mol. The SMILES string of the molecule is C[C@@H]1CN(C(=O)OC(C)(C)C)CCN1Cc1ccnc(N)c1. The van der Waals surface area contributed by atoms with Gasteiger partial charge in [-0.3, -0.25) is 4.90 Å². The summed E-state index contributed by atoms with van der Waals surface area (Å²) in [6, 6.07) is 4.15. The average molecular weight is 306 g/mol. The van der Waals surface area contributed by atoms with Gasteiger partial charge in [0.1, 0.15) is 11.4 Å². The minimum absolute atomic E-state index is 0.229. The van der Waals surface area contributed by atoms with Crippen molar-refractivity contribution >= 4 is 11.9 Å². The van der Waals surface area contributed by atoms with E-state index in [1.54, 1.807) is 11.1 Å². The van der Waals surface area contributed by atoms with Crippen LogP contribution < -0.4 is 5.73 Å². The van der Waals surface area contributed by atoms with E-state index in [9.17, 15) is 4.79 Å². The summed E-state index contributed by atoms with van der Waals surface area (Å²) in [5.41, 5.74) is 6.41. The summed E-state index contributed by atoms with van der Waals surface area (Å²) in [7, 11) is 0. The van der Waals surface area contributed by atoms with Crippen LogP contribution in [0.4, 0.5) is 10.6 Å². The highest BCUT2D eigenvalue weighted by molar-refractivity contribution is 5.68. The number of amides is 1. The zero-order chi connectivity index (χ0) is 16.3. The van der Waals surface area contributed by atoms with Gasteiger partial charge in [-0.1, -0.05) is 0 Å². The molecule has 1 aromatic heterocycles. The van der Waals surface area contributed by atoms with E-state index in [2.05, 4.69) is 16.8 Å². The number of pyridine rings is 1. The maximum Gasteiger partial charge on any atom is 0.410 e. The molecule has 122 valence electrons. The Morgan fingerprint density at radius 3 is 2.77 bits per heavy atom.